The van der Waals surface area contributed by atoms with E-state index in [0.717, 1.165) is 19.3 Å². The number of carbonyl (C=O) groups is 1. The summed E-state index contributed by atoms with van der Waals surface area (Å²) in [5.74, 6) is 0. The highest BCUT2D eigenvalue weighted by atomic mass is 16.6. The van der Waals surface area contributed by atoms with Gasteiger partial charge in [-0.15, -0.1) is 0 Å². The third-order valence-corrected chi connectivity index (χ3v) is 3.68. The first-order chi connectivity index (χ1) is 7.14. The molecule has 1 amide bonds. The highest BCUT2D eigenvalue weighted by Crippen LogP contribution is 2.69. The van der Waals surface area contributed by atoms with Crippen LogP contribution in [0.2, 0.25) is 0 Å². The molecule has 0 aliphatic heterocycles. The molecule has 15 heavy (non-hydrogen) atoms. The minimum absolute atomic E-state index is 0.221. The van der Waals surface area contributed by atoms with Gasteiger partial charge in [0.1, 0.15) is 5.60 Å². The average molecular weight is 203 g/mol. The van der Waals surface area contributed by atoms with E-state index < -0.39 is 6.09 Å². The van der Waals surface area contributed by atoms with Gasteiger partial charge in [0.05, 0.1) is 0 Å². The van der Waals surface area contributed by atoms with E-state index in [4.69, 9.17) is 10.5 Å². The molecule has 3 fully saturated rings. The first-order valence-electron chi connectivity index (χ1n) is 5.18. The Morgan fingerprint density at radius 3 is 2.33 bits per heavy atom. The van der Waals surface area contributed by atoms with Crippen molar-refractivity contribution in [1.82, 2.24) is 0 Å². The van der Waals surface area contributed by atoms with Crippen LogP contribution in [0, 0.1) is 0 Å². The zero-order valence-electron chi connectivity index (χ0n) is 8.40. The standard InChI is InChI=1S/C12H13NO2/c13-10(14)15-12-6-11(7-12,8-12)9-4-2-1-3-5-9/h1-5H,6-8H2,(H2,13,14). The number of benzene rings is 1. The molecule has 0 atom stereocenters. The van der Waals surface area contributed by atoms with Crippen molar-refractivity contribution in [2.45, 2.75) is 30.3 Å². The van der Waals surface area contributed by atoms with Crippen molar-refractivity contribution in [3.8, 4) is 0 Å². The highest BCUT2D eigenvalue weighted by molar-refractivity contribution is 5.66. The maximum absolute atomic E-state index is 10.7. The lowest BCUT2D eigenvalue weighted by Crippen LogP contribution is -2.71. The van der Waals surface area contributed by atoms with E-state index in [2.05, 4.69) is 24.3 Å². The number of carbonyl (C=O) groups excluding carboxylic acids is 1. The van der Waals surface area contributed by atoms with E-state index in [0.29, 0.717) is 0 Å². The number of hydrogen-bond donors (Lipinski definition) is 1. The van der Waals surface area contributed by atoms with E-state index in [-0.39, 0.29) is 11.0 Å². The van der Waals surface area contributed by atoms with Crippen molar-refractivity contribution in [1.29, 1.82) is 0 Å². The second-order valence-electron chi connectivity index (χ2n) is 4.78. The molecule has 3 nitrogen and oxygen atoms in total. The van der Waals surface area contributed by atoms with Crippen LogP contribution in [0.1, 0.15) is 24.8 Å². The molecule has 3 aliphatic carbocycles. The normalized spacial score (nSPS) is 36.3. The van der Waals surface area contributed by atoms with E-state index in [9.17, 15) is 4.79 Å². The van der Waals surface area contributed by atoms with Crippen molar-refractivity contribution in [3.05, 3.63) is 35.9 Å². The molecule has 3 heteroatoms. The van der Waals surface area contributed by atoms with Crippen LogP contribution in [-0.4, -0.2) is 11.7 Å². The van der Waals surface area contributed by atoms with E-state index in [1.165, 1.54) is 5.56 Å². The predicted molar refractivity (Wildman–Crippen MR) is 55.4 cm³/mol. The number of amides is 1. The Balaban J connectivity index is 1.74. The lowest BCUT2D eigenvalue weighted by Gasteiger charge is -2.69. The number of nitrogens with two attached hydrogens (primary N) is 1. The van der Waals surface area contributed by atoms with E-state index in [1.54, 1.807) is 0 Å². The molecule has 0 spiro atoms. The molecule has 4 rings (SSSR count). The van der Waals surface area contributed by atoms with Crippen LogP contribution >= 0.6 is 0 Å². The molecule has 2 N–H and O–H groups in total. The van der Waals surface area contributed by atoms with E-state index in [1.807, 2.05) is 6.07 Å². The zero-order valence-corrected chi connectivity index (χ0v) is 8.40. The first kappa shape index (κ1) is 8.77. The summed E-state index contributed by atoms with van der Waals surface area (Å²) in [6, 6.07) is 10.4. The second-order valence-corrected chi connectivity index (χ2v) is 4.78. The van der Waals surface area contributed by atoms with Crippen LogP contribution in [-0.2, 0) is 10.2 Å². The van der Waals surface area contributed by atoms with Crippen LogP contribution in [0.3, 0.4) is 0 Å². The molecular formula is C12H13NO2. The molecule has 0 aromatic heterocycles. The Kier molecular flexibility index (Phi) is 1.48. The lowest BCUT2D eigenvalue weighted by atomic mass is 9.39. The van der Waals surface area contributed by atoms with E-state index >= 15 is 0 Å². The summed E-state index contributed by atoms with van der Waals surface area (Å²) in [5.41, 5.74) is 6.45. The molecular weight excluding hydrogens is 190 g/mol. The van der Waals surface area contributed by atoms with Crippen LogP contribution < -0.4 is 5.73 Å². The van der Waals surface area contributed by atoms with Gasteiger partial charge in [0, 0.05) is 5.41 Å². The number of rotatable bonds is 2. The SMILES string of the molecule is NC(=O)OC12CC(c3ccccc3)(C1)C2. The first-order valence-corrected chi connectivity index (χ1v) is 5.18. The van der Waals surface area contributed by atoms with Crippen LogP contribution in [0.4, 0.5) is 4.79 Å². The Morgan fingerprint density at radius 1 is 1.20 bits per heavy atom. The topological polar surface area (TPSA) is 52.3 Å². The van der Waals surface area contributed by atoms with Crippen molar-refractivity contribution >= 4 is 6.09 Å². The fourth-order valence-electron chi connectivity index (χ4n) is 3.11. The Labute approximate surface area is 88.2 Å². The molecule has 1 aromatic rings. The maximum Gasteiger partial charge on any atom is 0.405 e. The quantitative estimate of drug-likeness (QED) is 0.798. The zero-order chi connectivity index (χ0) is 10.5. The van der Waals surface area contributed by atoms with Gasteiger partial charge in [-0.2, -0.15) is 0 Å². The minimum atomic E-state index is -0.642. The summed E-state index contributed by atoms with van der Waals surface area (Å²) in [6.45, 7) is 0. The molecule has 0 saturated heterocycles. The molecule has 3 aliphatic rings. The fourth-order valence-corrected chi connectivity index (χ4v) is 3.11. The van der Waals surface area contributed by atoms with Crippen LogP contribution in [0.25, 0.3) is 0 Å². The molecule has 0 heterocycles. The molecule has 2 bridgehead atoms. The predicted octanol–water partition coefficient (Wildman–Crippen LogP) is 1.96. The summed E-state index contributed by atoms with van der Waals surface area (Å²) in [5, 5.41) is 0. The summed E-state index contributed by atoms with van der Waals surface area (Å²) < 4.78 is 5.13. The summed E-state index contributed by atoms with van der Waals surface area (Å²) in [4.78, 5) is 10.7. The smallest absolute Gasteiger partial charge is 0.405 e. The largest absolute Gasteiger partial charge is 0.443 e. The number of primary amides is 1. The molecule has 0 radical (unpaired) electrons. The molecule has 3 saturated carbocycles. The van der Waals surface area contributed by atoms with Gasteiger partial charge < -0.3 is 10.5 Å². The van der Waals surface area contributed by atoms with Crippen LogP contribution in [0.5, 0.6) is 0 Å². The average Bonchev–Trinajstić information content (AvgIpc) is 2.10. The minimum Gasteiger partial charge on any atom is -0.443 e. The summed E-state index contributed by atoms with van der Waals surface area (Å²) in [7, 11) is 0. The molecule has 1 aromatic carbocycles. The highest BCUT2D eigenvalue weighted by Gasteiger charge is 2.71. The van der Waals surface area contributed by atoms with Crippen LogP contribution in [0.15, 0.2) is 30.3 Å². The fraction of sp³-hybridized carbons (Fsp3) is 0.417. The monoisotopic (exact) mass is 203 g/mol. The van der Waals surface area contributed by atoms with Crippen molar-refractivity contribution in [2.24, 2.45) is 5.73 Å². The van der Waals surface area contributed by atoms with Gasteiger partial charge in [0.25, 0.3) is 0 Å². The Morgan fingerprint density at radius 2 is 1.80 bits per heavy atom. The van der Waals surface area contributed by atoms with Gasteiger partial charge in [-0.1, -0.05) is 30.3 Å². The third kappa shape index (κ3) is 1.09. The second kappa shape index (κ2) is 2.54. The number of ether oxygens (including phenoxy) is 1. The van der Waals surface area contributed by atoms with Gasteiger partial charge in [0.2, 0.25) is 0 Å². The summed E-state index contributed by atoms with van der Waals surface area (Å²) in [6.07, 6.45) is 2.17. The lowest BCUT2D eigenvalue weighted by molar-refractivity contribution is -0.210. The molecule has 78 valence electrons. The van der Waals surface area contributed by atoms with Gasteiger partial charge in [-0.05, 0) is 24.8 Å². The van der Waals surface area contributed by atoms with Gasteiger partial charge >= 0.3 is 6.09 Å². The van der Waals surface area contributed by atoms with Gasteiger partial charge in [0.15, 0.2) is 0 Å². The van der Waals surface area contributed by atoms with Gasteiger partial charge in [-0.25, -0.2) is 4.79 Å². The van der Waals surface area contributed by atoms with Gasteiger partial charge in [-0.3, -0.25) is 0 Å². The third-order valence-electron chi connectivity index (χ3n) is 3.68. The van der Waals surface area contributed by atoms with Crippen molar-refractivity contribution < 1.29 is 9.53 Å². The Bertz CT molecular complexity index is 393. The molecule has 0 unspecified atom stereocenters. The summed E-state index contributed by atoms with van der Waals surface area (Å²) >= 11 is 0. The Hall–Kier alpha value is -1.51. The van der Waals surface area contributed by atoms with Crippen molar-refractivity contribution in [3.63, 3.8) is 0 Å². The number of hydrogen-bond acceptors (Lipinski definition) is 2. The maximum atomic E-state index is 10.7. The van der Waals surface area contributed by atoms with Crippen molar-refractivity contribution in [2.75, 3.05) is 0 Å².